The Kier molecular flexibility index (Phi) is 19.0. The van der Waals surface area contributed by atoms with Crippen LogP contribution in [-0.4, -0.2) is 29.0 Å². The summed E-state index contributed by atoms with van der Waals surface area (Å²) in [5.41, 5.74) is 4.84. The van der Waals surface area contributed by atoms with Crippen molar-refractivity contribution in [2.45, 2.75) is 6.04 Å². The van der Waals surface area contributed by atoms with Gasteiger partial charge in [0, 0.05) is 0 Å². The number of carbonyl (C=O) groups is 1. The third-order valence-electron chi connectivity index (χ3n) is 0.589. The SMILES string of the molecule is NC(CO)C(=O)OO.[CH3-].[O]=[Co]. The van der Waals surface area contributed by atoms with Crippen LogP contribution in [0.5, 0.6) is 0 Å². The van der Waals surface area contributed by atoms with Crippen molar-refractivity contribution in [1.29, 1.82) is 0 Å². The van der Waals surface area contributed by atoms with Crippen molar-refractivity contribution in [2.75, 3.05) is 6.61 Å². The van der Waals surface area contributed by atoms with E-state index in [0.29, 0.717) is 0 Å². The Labute approximate surface area is 72.1 Å². The molecule has 1 atom stereocenters. The molecule has 71 valence electrons. The van der Waals surface area contributed by atoms with Gasteiger partial charge < -0.3 is 18.3 Å². The Balaban J connectivity index is -0.000000196. The molecule has 0 radical (unpaired) electrons. The molecule has 0 saturated carbocycles. The molecule has 0 rings (SSSR count). The van der Waals surface area contributed by atoms with Gasteiger partial charge in [0.1, 0.15) is 6.04 Å². The van der Waals surface area contributed by atoms with E-state index >= 15 is 0 Å². The maximum absolute atomic E-state index is 9.99. The van der Waals surface area contributed by atoms with Crippen molar-refractivity contribution in [1.82, 2.24) is 0 Å². The van der Waals surface area contributed by atoms with Crippen LogP contribution in [0.2, 0.25) is 0 Å². The van der Waals surface area contributed by atoms with Crippen LogP contribution in [0.15, 0.2) is 0 Å². The van der Waals surface area contributed by atoms with Gasteiger partial charge in [-0.2, -0.15) is 5.26 Å². The van der Waals surface area contributed by atoms with Crippen molar-refractivity contribution in [2.24, 2.45) is 5.73 Å². The standard InChI is InChI=1S/C3H7NO4.CH3.Co.O/c4-2(1-5)3(6)8-7;;;/h2,5,7H,1,4H2;1H3;;/q;-1;;. The molecule has 0 aromatic rings. The van der Waals surface area contributed by atoms with Gasteiger partial charge >= 0.3 is 25.5 Å². The van der Waals surface area contributed by atoms with E-state index in [0.717, 1.165) is 0 Å². The molecule has 0 aliphatic carbocycles. The average molecular weight is 211 g/mol. The second kappa shape index (κ2) is 12.3. The third-order valence-corrected chi connectivity index (χ3v) is 0.589. The van der Waals surface area contributed by atoms with Crippen LogP contribution in [0, 0.1) is 7.43 Å². The number of hydrogen-bond acceptors (Lipinski definition) is 6. The van der Waals surface area contributed by atoms with Crippen molar-refractivity contribution in [3.63, 3.8) is 0 Å². The Morgan fingerprint density at radius 3 is 2.09 bits per heavy atom. The van der Waals surface area contributed by atoms with E-state index in [1.165, 1.54) is 0 Å². The second-order valence-corrected chi connectivity index (χ2v) is 1.20. The van der Waals surface area contributed by atoms with E-state index < -0.39 is 18.6 Å². The summed E-state index contributed by atoms with van der Waals surface area (Å²) in [5.74, 6) is -1.03. The van der Waals surface area contributed by atoms with Gasteiger partial charge in [0.25, 0.3) is 0 Å². The molecule has 0 amide bonds. The van der Waals surface area contributed by atoms with Crippen molar-refractivity contribution < 1.29 is 39.6 Å². The first kappa shape index (κ1) is 17.0. The van der Waals surface area contributed by atoms with E-state index in [4.69, 9.17) is 20.0 Å². The van der Waals surface area contributed by atoms with E-state index in [9.17, 15) is 4.79 Å². The maximum atomic E-state index is 9.99. The molecule has 0 spiro atoms. The number of aliphatic hydroxyl groups is 1. The zero-order chi connectivity index (χ0) is 8.57. The minimum atomic E-state index is -1.14. The van der Waals surface area contributed by atoms with Gasteiger partial charge in [-0.1, -0.05) is 0 Å². The summed E-state index contributed by atoms with van der Waals surface area (Å²) in [7, 11) is 0. The van der Waals surface area contributed by atoms with Gasteiger partial charge in [-0.15, -0.1) is 0 Å². The van der Waals surface area contributed by atoms with Crippen LogP contribution in [0.25, 0.3) is 0 Å². The average Bonchev–Trinajstić information content (AvgIpc) is 2.05. The van der Waals surface area contributed by atoms with Crippen molar-refractivity contribution >= 4 is 5.97 Å². The number of aliphatic hydroxyl groups excluding tert-OH is 1. The minimum absolute atomic E-state index is 0. The van der Waals surface area contributed by atoms with Crippen LogP contribution in [0.4, 0.5) is 0 Å². The molecule has 1 unspecified atom stereocenters. The Morgan fingerprint density at radius 2 is 2.00 bits per heavy atom. The van der Waals surface area contributed by atoms with Gasteiger partial charge in [-0.25, -0.2) is 4.79 Å². The number of hydrogen-bond donors (Lipinski definition) is 3. The number of rotatable bonds is 2. The van der Waals surface area contributed by atoms with Crippen molar-refractivity contribution in [3.05, 3.63) is 7.43 Å². The molecule has 4 N–H and O–H groups in total. The predicted octanol–water partition coefficient (Wildman–Crippen LogP) is -1.35. The summed E-state index contributed by atoms with van der Waals surface area (Å²) in [5, 5.41) is 15.7. The van der Waals surface area contributed by atoms with E-state index in [2.05, 4.69) is 20.6 Å². The van der Waals surface area contributed by atoms with Crippen LogP contribution in [0.1, 0.15) is 0 Å². The van der Waals surface area contributed by atoms with Gasteiger partial charge in [-0.3, -0.25) is 4.89 Å². The molecule has 0 heterocycles. The second-order valence-electron chi connectivity index (χ2n) is 1.20. The van der Waals surface area contributed by atoms with Crippen LogP contribution in [0.3, 0.4) is 0 Å². The topological polar surface area (TPSA) is 110 Å². The predicted molar refractivity (Wildman–Crippen MR) is 30.9 cm³/mol. The molecular weight excluding hydrogens is 201 g/mol. The molecule has 0 bridgehead atoms. The molecule has 0 aromatic heterocycles. The Hall–Kier alpha value is -0.344. The zero-order valence-electron chi connectivity index (χ0n) is 5.81. The summed E-state index contributed by atoms with van der Waals surface area (Å²) in [6, 6.07) is -1.14. The van der Waals surface area contributed by atoms with Gasteiger partial charge in [-0.05, 0) is 0 Å². The van der Waals surface area contributed by atoms with Gasteiger partial charge in [0.05, 0.1) is 6.61 Å². The first-order valence-electron chi connectivity index (χ1n) is 2.07. The molecule has 7 heteroatoms. The van der Waals surface area contributed by atoms with Crippen LogP contribution < -0.4 is 5.73 Å². The molecule has 0 fully saturated rings. The monoisotopic (exact) mass is 211 g/mol. The molecule has 0 aliphatic heterocycles. The zero-order valence-corrected chi connectivity index (χ0v) is 6.86. The third kappa shape index (κ3) is 9.66. The molecule has 6 nitrogen and oxygen atoms in total. The molecular formula is C4H10CoNO5-. The summed E-state index contributed by atoms with van der Waals surface area (Å²) in [6.45, 7) is -0.528. The van der Waals surface area contributed by atoms with E-state index in [1.807, 2.05) is 0 Å². The number of nitrogens with two attached hydrogens (primary N) is 1. The fraction of sp³-hybridized carbons (Fsp3) is 0.500. The molecule has 0 saturated heterocycles. The summed E-state index contributed by atoms with van der Waals surface area (Å²) in [6.07, 6.45) is 0. The first-order chi connectivity index (χ1) is 4.72. The summed E-state index contributed by atoms with van der Waals surface area (Å²) >= 11 is 2.31. The molecule has 11 heavy (non-hydrogen) atoms. The summed E-state index contributed by atoms with van der Waals surface area (Å²) in [4.78, 5) is 13.2. The Morgan fingerprint density at radius 1 is 1.64 bits per heavy atom. The van der Waals surface area contributed by atoms with Gasteiger partial charge in [0.2, 0.25) is 0 Å². The molecule has 0 aromatic carbocycles. The fourth-order valence-corrected chi connectivity index (χ4v) is 0.142. The quantitative estimate of drug-likeness (QED) is 0.296. The van der Waals surface area contributed by atoms with Crippen LogP contribution in [-0.2, 0) is 29.2 Å². The Bertz CT molecular complexity index is 100. The summed E-state index contributed by atoms with van der Waals surface area (Å²) < 4.78 is 7.94. The van der Waals surface area contributed by atoms with Gasteiger partial charge in [0.15, 0.2) is 0 Å². The van der Waals surface area contributed by atoms with Crippen LogP contribution >= 0.6 is 0 Å². The number of carbonyl (C=O) groups excluding carboxylic acids is 1. The fourth-order valence-electron chi connectivity index (χ4n) is 0.142. The molecule has 0 aliphatic rings. The first-order valence-corrected chi connectivity index (χ1v) is 2.50. The van der Waals surface area contributed by atoms with Crippen molar-refractivity contribution in [3.8, 4) is 0 Å². The normalized spacial score (nSPS) is 9.82. The van der Waals surface area contributed by atoms with E-state index in [1.54, 1.807) is 0 Å². The van der Waals surface area contributed by atoms with E-state index in [-0.39, 0.29) is 7.43 Å².